The second-order valence-corrected chi connectivity index (χ2v) is 5.57. The van der Waals surface area contributed by atoms with Crippen LogP contribution in [0.3, 0.4) is 0 Å². The van der Waals surface area contributed by atoms with Crippen LogP contribution in [0.2, 0.25) is 0 Å². The predicted octanol–water partition coefficient (Wildman–Crippen LogP) is 2.94. The Bertz CT molecular complexity index is 428. The van der Waals surface area contributed by atoms with Gasteiger partial charge in [-0.3, -0.25) is 4.79 Å². The maximum absolute atomic E-state index is 12.0. The van der Waals surface area contributed by atoms with Gasteiger partial charge < -0.3 is 4.74 Å². The van der Waals surface area contributed by atoms with E-state index in [0.29, 0.717) is 18.4 Å². The van der Waals surface area contributed by atoms with Crippen LogP contribution in [0.5, 0.6) is 0 Å². The van der Waals surface area contributed by atoms with Crippen LogP contribution in [-0.4, -0.2) is 31.4 Å². The molecule has 1 aliphatic carbocycles. The third kappa shape index (κ3) is 4.07. The smallest absolute Gasteiger partial charge is 0.333 e. The van der Waals surface area contributed by atoms with E-state index in [9.17, 15) is 9.59 Å². The standard InChI is InChI=1S/C13H16O3S2/c1-16-13(15)10-6-4-9(5-7-10)11(14)8-12(17-2)18-3/h4,6,8H,5,7H2,1-3H3. The van der Waals surface area contributed by atoms with E-state index in [4.69, 9.17) is 0 Å². The first-order chi connectivity index (χ1) is 8.62. The number of carbonyl (C=O) groups is 2. The molecule has 0 heterocycles. The fourth-order valence-electron chi connectivity index (χ4n) is 1.54. The predicted molar refractivity (Wildman–Crippen MR) is 77.5 cm³/mol. The lowest BCUT2D eigenvalue weighted by atomic mass is 9.96. The molecule has 1 aliphatic rings. The minimum absolute atomic E-state index is 0.0221. The summed E-state index contributed by atoms with van der Waals surface area (Å²) in [5.41, 5.74) is 1.36. The summed E-state index contributed by atoms with van der Waals surface area (Å²) in [5.74, 6) is -0.295. The van der Waals surface area contributed by atoms with Crippen LogP contribution in [0.25, 0.3) is 0 Å². The maximum atomic E-state index is 12.0. The highest BCUT2D eigenvalue weighted by Gasteiger charge is 2.16. The van der Waals surface area contributed by atoms with Crippen molar-refractivity contribution in [2.75, 3.05) is 19.6 Å². The van der Waals surface area contributed by atoms with Crippen LogP contribution >= 0.6 is 23.5 Å². The van der Waals surface area contributed by atoms with Crippen molar-refractivity contribution in [3.8, 4) is 0 Å². The van der Waals surface area contributed by atoms with Crippen LogP contribution in [0.1, 0.15) is 12.8 Å². The van der Waals surface area contributed by atoms with Gasteiger partial charge in [-0.2, -0.15) is 0 Å². The van der Waals surface area contributed by atoms with E-state index in [1.54, 1.807) is 41.8 Å². The molecule has 0 unspecified atom stereocenters. The molecule has 3 nitrogen and oxygen atoms in total. The molecule has 0 spiro atoms. The van der Waals surface area contributed by atoms with Gasteiger partial charge in [0.2, 0.25) is 0 Å². The first-order valence-electron chi connectivity index (χ1n) is 5.44. The molecule has 0 fully saturated rings. The van der Waals surface area contributed by atoms with Crippen LogP contribution in [0.4, 0.5) is 0 Å². The van der Waals surface area contributed by atoms with Crippen molar-refractivity contribution in [1.29, 1.82) is 0 Å². The number of methoxy groups -OCH3 is 1. The zero-order valence-electron chi connectivity index (χ0n) is 10.7. The molecular formula is C13H16O3S2. The number of ketones is 1. The first kappa shape index (κ1) is 15.1. The van der Waals surface area contributed by atoms with Gasteiger partial charge in [0.1, 0.15) is 0 Å². The number of hydrogen-bond acceptors (Lipinski definition) is 5. The Morgan fingerprint density at radius 1 is 1.17 bits per heavy atom. The van der Waals surface area contributed by atoms with Crippen molar-refractivity contribution in [3.05, 3.63) is 33.6 Å². The highest BCUT2D eigenvalue weighted by Crippen LogP contribution is 2.26. The average Bonchev–Trinajstić information content (AvgIpc) is 2.43. The quantitative estimate of drug-likeness (QED) is 0.573. The van der Waals surface area contributed by atoms with Crippen LogP contribution < -0.4 is 0 Å². The second-order valence-electron chi connectivity index (χ2n) is 3.61. The SMILES string of the molecule is COC(=O)C1=CC=C(C(=O)C=C(SC)SC)CC1. The monoisotopic (exact) mass is 284 g/mol. The molecule has 0 amide bonds. The van der Waals surface area contributed by atoms with Gasteiger partial charge in [0, 0.05) is 15.9 Å². The van der Waals surface area contributed by atoms with Gasteiger partial charge in [0.25, 0.3) is 0 Å². The molecular weight excluding hydrogens is 268 g/mol. The highest BCUT2D eigenvalue weighted by atomic mass is 32.2. The summed E-state index contributed by atoms with van der Waals surface area (Å²) < 4.78 is 5.63. The Morgan fingerprint density at radius 3 is 2.17 bits per heavy atom. The average molecular weight is 284 g/mol. The number of rotatable bonds is 5. The zero-order valence-corrected chi connectivity index (χ0v) is 12.3. The van der Waals surface area contributed by atoms with E-state index in [1.807, 2.05) is 12.5 Å². The number of esters is 1. The molecule has 0 radical (unpaired) electrons. The first-order valence-corrected chi connectivity index (χ1v) is 7.89. The van der Waals surface area contributed by atoms with Crippen molar-refractivity contribution in [2.24, 2.45) is 0 Å². The fraction of sp³-hybridized carbons (Fsp3) is 0.385. The Hall–Kier alpha value is -0.940. The topological polar surface area (TPSA) is 43.4 Å². The lowest BCUT2D eigenvalue weighted by Gasteiger charge is -2.11. The molecule has 0 saturated carbocycles. The van der Waals surface area contributed by atoms with Gasteiger partial charge in [-0.05, 0) is 30.9 Å². The van der Waals surface area contributed by atoms with E-state index in [0.717, 1.165) is 9.81 Å². The molecule has 0 aromatic rings. The molecule has 5 heteroatoms. The maximum Gasteiger partial charge on any atom is 0.333 e. The lowest BCUT2D eigenvalue weighted by Crippen LogP contribution is -2.10. The molecule has 1 rings (SSSR count). The summed E-state index contributed by atoms with van der Waals surface area (Å²) in [6, 6.07) is 0. The summed E-state index contributed by atoms with van der Waals surface area (Å²) in [6.07, 6.45) is 10.1. The van der Waals surface area contributed by atoms with Crippen LogP contribution in [0, 0.1) is 0 Å². The molecule has 0 aromatic carbocycles. The van der Waals surface area contributed by atoms with Crippen molar-refractivity contribution < 1.29 is 14.3 Å². The van der Waals surface area contributed by atoms with E-state index < -0.39 is 0 Å². The van der Waals surface area contributed by atoms with Crippen LogP contribution in [0.15, 0.2) is 33.6 Å². The minimum atomic E-state index is -0.317. The third-order valence-electron chi connectivity index (χ3n) is 2.56. The van der Waals surface area contributed by atoms with Crippen molar-refractivity contribution in [3.63, 3.8) is 0 Å². The van der Waals surface area contributed by atoms with Gasteiger partial charge >= 0.3 is 5.97 Å². The summed E-state index contributed by atoms with van der Waals surface area (Å²) in [7, 11) is 1.36. The van der Waals surface area contributed by atoms with Gasteiger partial charge in [-0.1, -0.05) is 12.2 Å². The molecule has 0 bridgehead atoms. The van der Waals surface area contributed by atoms with E-state index in [1.165, 1.54) is 7.11 Å². The Kier molecular flexibility index (Phi) is 6.29. The van der Waals surface area contributed by atoms with Gasteiger partial charge in [-0.25, -0.2) is 4.79 Å². The Balaban J connectivity index is 2.79. The number of allylic oxidation sites excluding steroid dienone is 4. The molecule has 0 aliphatic heterocycles. The fourth-order valence-corrected chi connectivity index (χ4v) is 2.66. The van der Waals surface area contributed by atoms with E-state index >= 15 is 0 Å². The van der Waals surface area contributed by atoms with E-state index in [2.05, 4.69) is 4.74 Å². The highest BCUT2D eigenvalue weighted by molar-refractivity contribution is 8.21. The molecule has 0 atom stereocenters. The molecule has 0 saturated heterocycles. The largest absolute Gasteiger partial charge is 0.466 e. The number of hydrogen-bond donors (Lipinski definition) is 0. The number of carbonyl (C=O) groups excluding carboxylic acids is 2. The Labute approximate surface area is 116 Å². The van der Waals surface area contributed by atoms with Crippen molar-refractivity contribution >= 4 is 35.3 Å². The normalized spacial score (nSPS) is 14.4. The number of thioether (sulfide) groups is 2. The lowest BCUT2D eigenvalue weighted by molar-refractivity contribution is -0.136. The molecule has 0 N–H and O–H groups in total. The van der Waals surface area contributed by atoms with Gasteiger partial charge in [0.05, 0.1) is 7.11 Å². The molecule has 18 heavy (non-hydrogen) atoms. The third-order valence-corrected chi connectivity index (χ3v) is 4.61. The number of ether oxygens (including phenoxy) is 1. The van der Waals surface area contributed by atoms with E-state index in [-0.39, 0.29) is 11.8 Å². The van der Waals surface area contributed by atoms with Crippen LogP contribution in [-0.2, 0) is 14.3 Å². The van der Waals surface area contributed by atoms with Crippen molar-refractivity contribution in [2.45, 2.75) is 12.8 Å². The minimum Gasteiger partial charge on any atom is -0.466 e. The van der Waals surface area contributed by atoms with Gasteiger partial charge in [-0.15, -0.1) is 23.5 Å². The summed E-state index contributed by atoms with van der Waals surface area (Å²) >= 11 is 3.12. The molecule has 0 aromatic heterocycles. The van der Waals surface area contributed by atoms with Gasteiger partial charge in [0.15, 0.2) is 5.78 Å². The molecule has 98 valence electrons. The second kappa shape index (κ2) is 7.48. The zero-order chi connectivity index (χ0) is 13.5. The van der Waals surface area contributed by atoms with Crippen molar-refractivity contribution in [1.82, 2.24) is 0 Å². The Morgan fingerprint density at radius 2 is 1.72 bits per heavy atom. The summed E-state index contributed by atoms with van der Waals surface area (Å²) in [4.78, 5) is 23.2. The summed E-state index contributed by atoms with van der Waals surface area (Å²) in [5, 5.41) is 0. The summed E-state index contributed by atoms with van der Waals surface area (Å²) in [6.45, 7) is 0.